The van der Waals surface area contributed by atoms with Gasteiger partial charge in [-0.25, -0.2) is 9.97 Å². The van der Waals surface area contributed by atoms with Gasteiger partial charge in [0.1, 0.15) is 11.6 Å². The van der Waals surface area contributed by atoms with Crippen molar-refractivity contribution in [3.63, 3.8) is 0 Å². The zero-order valence-corrected chi connectivity index (χ0v) is 17.6. The number of hydrogen-bond donors (Lipinski definition) is 0. The van der Waals surface area contributed by atoms with Crippen LogP contribution < -0.4 is 4.90 Å². The third kappa shape index (κ3) is 4.26. The summed E-state index contributed by atoms with van der Waals surface area (Å²) in [6, 6.07) is 10.8. The van der Waals surface area contributed by atoms with Crippen LogP contribution in [0.1, 0.15) is 31.9 Å². The molecule has 1 fully saturated rings. The highest BCUT2D eigenvalue weighted by molar-refractivity contribution is 7.98. The van der Waals surface area contributed by atoms with Crippen LogP contribution in [0.15, 0.2) is 29.4 Å². The van der Waals surface area contributed by atoms with Crippen molar-refractivity contribution in [1.29, 1.82) is 5.26 Å². The first kappa shape index (κ1) is 19.7. The Labute approximate surface area is 166 Å². The molecular formula is C21H27N5S. The zero-order valence-electron chi connectivity index (χ0n) is 16.8. The molecule has 1 aromatic carbocycles. The number of anilines is 1. The molecule has 0 amide bonds. The molecule has 1 aliphatic rings. The maximum Gasteiger partial charge on any atom is 0.189 e. The second-order valence-electron chi connectivity index (χ2n) is 7.99. The Bertz CT molecular complexity index is 841. The summed E-state index contributed by atoms with van der Waals surface area (Å²) in [6.45, 7) is 10.3. The monoisotopic (exact) mass is 381 g/mol. The molecule has 5 nitrogen and oxygen atoms in total. The van der Waals surface area contributed by atoms with Gasteiger partial charge in [-0.15, -0.1) is 0 Å². The summed E-state index contributed by atoms with van der Waals surface area (Å²) in [5.74, 6) is 0.764. The second-order valence-corrected chi connectivity index (χ2v) is 8.76. The topological polar surface area (TPSA) is 56.1 Å². The van der Waals surface area contributed by atoms with Gasteiger partial charge in [-0.3, -0.25) is 0 Å². The molecule has 0 bridgehead atoms. The van der Waals surface area contributed by atoms with E-state index in [0.717, 1.165) is 43.3 Å². The van der Waals surface area contributed by atoms with Crippen LogP contribution in [0.4, 0.5) is 5.82 Å². The van der Waals surface area contributed by atoms with Crippen LogP contribution in [0, 0.1) is 11.3 Å². The van der Waals surface area contributed by atoms with Gasteiger partial charge in [0.05, 0.1) is 5.69 Å². The van der Waals surface area contributed by atoms with E-state index in [-0.39, 0.29) is 5.41 Å². The van der Waals surface area contributed by atoms with Crippen LogP contribution in [0.5, 0.6) is 0 Å². The smallest absolute Gasteiger partial charge is 0.189 e. The molecule has 2 aromatic rings. The lowest BCUT2D eigenvalue weighted by atomic mass is 9.86. The molecule has 1 saturated heterocycles. The van der Waals surface area contributed by atoms with Gasteiger partial charge < -0.3 is 9.80 Å². The van der Waals surface area contributed by atoms with E-state index in [4.69, 9.17) is 4.98 Å². The van der Waals surface area contributed by atoms with Gasteiger partial charge in [-0.05, 0) is 24.3 Å². The van der Waals surface area contributed by atoms with Crippen LogP contribution in [-0.2, 0) is 5.41 Å². The average Bonchev–Trinajstić information content (AvgIpc) is 2.67. The molecule has 0 aliphatic carbocycles. The molecule has 1 aliphatic heterocycles. The molecule has 1 aromatic heterocycles. The number of rotatable bonds is 3. The molecular weight excluding hydrogens is 354 g/mol. The number of aromatic nitrogens is 2. The van der Waals surface area contributed by atoms with Crippen LogP contribution in [0.25, 0.3) is 11.3 Å². The quantitative estimate of drug-likeness (QED) is 0.596. The number of benzene rings is 1. The molecule has 27 heavy (non-hydrogen) atoms. The Morgan fingerprint density at radius 2 is 1.67 bits per heavy atom. The Kier molecular flexibility index (Phi) is 5.73. The molecule has 2 heterocycles. The van der Waals surface area contributed by atoms with Gasteiger partial charge >= 0.3 is 0 Å². The SMILES string of the molecule is CSc1nc(-c2ccc(C(C)(C)C)cc2)c(C#N)c(N2CCN(C)CC2)n1. The van der Waals surface area contributed by atoms with Crippen molar-refractivity contribution >= 4 is 17.6 Å². The minimum Gasteiger partial charge on any atom is -0.353 e. The summed E-state index contributed by atoms with van der Waals surface area (Å²) < 4.78 is 0. The molecule has 0 atom stereocenters. The van der Waals surface area contributed by atoms with E-state index in [1.165, 1.54) is 17.3 Å². The highest BCUT2D eigenvalue weighted by Gasteiger charge is 2.23. The Hall–Kier alpha value is -2.10. The van der Waals surface area contributed by atoms with Crippen molar-refractivity contribution in [2.24, 2.45) is 0 Å². The molecule has 3 rings (SSSR count). The molecule has 6 heteroatoms. The maximum atomic E-state index is 9.92. The first-order chi connectivity index (χ1) is 12.8. The Balaban J connectivity index is 2.07. The van der Waals surface area contributed by atoms with E-state index < -0.39 is 0 Å². The van der Waals surface area contributed by atoms with Gasteiger partial charge in [-0.1, -0.05) is 56.8 Å². The number of hydrogen-bond acceptors (Lipinski definition) is 6. The standard InChI is InChI=1S/C21H27N5S/c1-21(2,3)16-8-6-15(7-9-16)18-17(14-22)19(24-20(23-18)27-5)26-12-10-25(4)11-13-26/h6-9H,10-13H2,1-5H3. The lowest BCUT2D eigenvalue weighted by Gasteiger charge is -2.34. The number of likely N-dealkylation sites (N-methyl/N-ethyl adjacent to an activating group) is 1. The summed E-state index contributed by atoms with van der Waals surface area (Å²) in [5, 5.41) is 10.6. The van der Waals surface area contributed by atoms with Crippen LogP contribution >= 0.6 is 11.8 Å². The van der Waals surface area contributed by atoms with Crippen molar-refractivity contribution < 1.29 is 0 Å². The van der Waals surface area contributed by atoms with Gasteiger partial charge in [-0.2, -0.15) is 5.26 Å². The van der Waals surface area contributed by atoms with E-state index in [2.05, 4.69) is 72.9 Å². The van der Waals surface area contributed by atoms with E-state index in [9.17, 15) is 5.26 Å². The van der Waals surface area contributed by atoms with Crippen molar-refractivity contribution in [2.45, 2.75) is 31.3 Å². The Morgan fingerprint density at radius 3 is 2.19 bits per heavy atom. The van der Waals surface area contributed by atoms with E-state index in [0.29, 0.717) is 10.7 Å². The molecule has 0 N–H and O–H groups in total. The third-order valence-corrected chi connectivity index (χ3v) is 5.54. The fraction of sp³-hybridized carbons (Fsp3) is 0.476. The predicted molar refractivity (Wildman–Crippen MR) is 112 cm³/mol. The van der Waals surface area contributed by atoms with Gasteiger partial charge in [0.15, 0.2) is 11.0 Å². The first-order valence-corrected chi connectivity index (χ1v) is 10.5. The molecule has 0 saturated carbocycles. The highest BCUT2D eigenvalue weighted by Crippen LogP contribution is 2.32. The summed E-state index contributed by atoms with van der Waals surface area (Å²) in [4.78, 5) is 13.9. The van der Waals surface area contributed by atoms with E-state index in [1.807, 2.05) is 6.26 Å². The van der Waals surface area contributed by atoms with Gasteiger partial charge in [0.2, 0.25) is 0 Å². The number of nitrogens with zero attached hydrogens (tertiary/aromatic N) is 5. The summed E-state index contributed by atoms with van der Waals surface area (Å²) in [7, 11) is 2.12. The maximum absolute atomic E-state index is 9.92. The predicted octanol–water partition coefficient (Wildman–Crippen LogP) is 3.79. The lowest BCUT2D eigenvalue weighted by Crippen LogP contribution is -2.45. The molecule has 0 spiro atoms. The van der Waals surface area contributed by atoms with Crippen molar-refractivity contribution in [2.75, 3.05) is 44.4 Å². The number of nitriles is 1. The lowest BCUT2D eigenvalue weighted by molar-refractivity contribution is 0.311. The molecule has 0 unspecified atom stereocenters. The van der Waals surface area contributed by atoms with Crippen molar-refractivity contribution in [3.05, 3.63) is 35.4 Å². The van der Waals surface area contributed by atoms with Crippen molar-refractivity contribution in [1.82, 2.24) is 14.9 Å². The Morgan fingerprint density at radius 1 is 1.04 bits per heavy atom. The van der Waals surface area contributed by atoms with Crippen molar-refractivity contribution in [3.8, 4) is 17.3 Å². The minimum atomic E-state index is 0.0949. The van der Waals surface area contributed by atoms with E-state index in [1.54, 1.807) is 0 Å². The molecule has 0 radical (unpaired) electrons. The zero-order chi connectivity index (χ0) is 19.6. The van der Waals surface area contributed by atoms with Crippen LogP contribution in [0.3, 0.4) is 0 Å². The number of thioether (sulfide) groups is 1. The summed E-state index contributed by atoms with van der Waals surface area (Å²) in [5.41, 5.74) is 3.63. The van der Waals surface area contributed by atoms with Crippen LogP contribution in [0.2, 0.25) is 0 Å². The number of piperazine rings is 1. The first-order valence-electron chi connectivity index (χ1n) is 9.24. The minimum absolute atomic E-state index is 0.0949. The van der Waals surface area contributed by atoms with Crippen LogP contribution in [-0.4, -0.2) is 54.4 Å². The fourth-order valence-electron chi connectivity index (χ4n) is 3.21. The summed E-state index contributed by atoms with van der Waals surface area (Å²) >= 11 is 1.51. The molecule has 142 valence electrons. The fourth-order valence-corrected chi connectivity index (χ4v) is 3.57. The van der Waals surface area contributed by atoms with E-state index >= 15 is 0 Å². The van der Waals surface area contributed by atoms with Gasteiger partial charge in [0.25, 0.3) is 0 Å². The third-order valence-electron chi connectivity index (χ3n) is 4.99. The highest BCUT2D eigenvalue weighted by atomic mass is 32.2. The average molecular weight is 382 g/mol. The summed E-state index contributed by atoms with van der Waals surface area (Å²) in [6.07, 6.45) is 1.97. The van der Waals surface area contributed by atoms with Gasteiger partial charge in [0, 0.05) is 31.7 Å². The normalized spacial score (nSPS) is 15.6. The largest absolute Gasteiger partial charge is 0.353 e. The second kappa shape index (κ2) is 7.87.